The molecule has 0 spiro atoms. The summed E-state index contributed by atoms with van der Waals surface area (Å²) in [6, 6.07) is 8.36. The molecule has 0 aliphatic heterocycles. The number of thiophene rings is 1. The molecule has 0 fully saturated rings. The molecule has 7 nitrogen and oxygen atoms in total. The van der Waals surface area contributed by atoms with Crippen molar-refractivity contribution in [1.29, 1.82) is 0 Å². The van der Waals surface area contributed by atoms with Gasteiger partial charge in [0.05, 0.1) is 5.39 Å². The maximum Gasteiger partial charge on any atom is 0.165 e. The molecule has 8 heteroatoms. The molecule has 0 aliphatic rings. The summed E-state index contributed by atoms with van der Waals surface area (Å²) in [5.74, 6) is 7.16. The Morgan fingerprint density at radius 3 is 2.85 bits per heavy atom. The van der Waals surface area contributed by atoms with E-state index in [9.17, 15) is 0 Å². The van der Waals surface area contributed by atoms with Gasteiger partial charge in [-0.15, -0.1) is 11.3 Å². The van der Waals surface area contributed by atoms with E-state index < -0.39 is 0 Å². The Bertz CT molecular complexity index is 1420. The number of fused-ring (bicyclic) bond motifs is 1. The topological polar surface area (TPSA) is 94.0 Å². The van der Waals surface area contributed by atoms with Gasteiger partial charge in [0, 0.05) is 18.2 Å². The normalized spacial score (nSPS) is 11.3. The van der Waals surface area contributed by atoms with Crippen LogP contribution in [0, 0.1) is 25.7 Å². The third-order valence-electron chi connectivity index (χ3n) is 5.14. The first-order chi connectivity index (χ1) is 16.0. The first-order valence-electron chi connectivity index (χ1n) is 10.6. The minimum atomic E-state index is 0.344. The van der Waals surface area contributed by atoms with Crippen molar-refractivity contribution < 1.29 is 0 Å². The highest BCUT2D eigenvalue weighted by Crippen LogP contribution is 2.38. The van der Waals surface area contributed by atoms with Crippen molar-refractivity contribution in [3.8, 4) is 23.0 Å². The monoisotopic (exact) mass is 455 g/mol. The van der Waals surface area contributed by atoms with Crippen molar-refractivity contribution in [3.63, 3.8) is 0 Å². The Kier molecular flexibility index (Phi) is 6.52. The molecule has 0 unspecified atom stereocenters. The smallest absolute Gasteiger partial charge is 0.165 e. The van der Waals surface area contributed by atoms with Crippen LogP contribution in [0.15, 0.2) is 53.7 Å². The fraction of sp³-hybridized carbons (Fsp3) is 0.200. The van der Waals surface area contributed by atoms with Gasteiger partial charge in [-0.3, -0.25) is 0 Å². The van der Waals surface area contributed by atoms with Crippen LogP contribution in [0.3, 0.4) is 0 Å². The molecule has 0 bridgehead atoms. The summed E-state index contributed by atoms with van der Waals surface area (Å²) >= 11 is 1.64. The number of anilines is 2. The van der Waals surface area contributed by atoms with Crippen LogP contribution in [0.4, 0.5) is 10.8 Å². The molecule has 0 saturated carbocycles. The van der Waals surface area contributed by atoms with Crippen LogP contribution in [0.2, 0.25) is 0 Å². The minimum absolute atomic E-state index is 0.344. The Hall–Kier alpha value is -3.96. The third kappa shape index (κ3) is 4.49. The van der Waals surface area contributed by atoms with E-state index in [1.54, 1.807) is 16.0 Å². The lowest BCUT2D eigenvalue weighted by Crippen LogP contribution is -2.20. The predicted octanol–water partition coefficient (Wildman–Crippen LogP) is 5.17. The molecule has 0 aliphatic carbocycles. The summed E-state index contributed by atoms with van der Waals surface area (Å²) in [6.45, 7) is 10.4. The lowest BCUT2D eigenvalue weighted by Gasteiger charge is -2.13. The van der Waals surface area contributed by atoms with Crippen LogP contribution in [0.1, 0.15) is 30.2 Å². The van der Waals surface area contributed by atoms with E-state index in [-0.39, 0.29) is 0 Å². The molecule has 0 saturated heterocycles. The largest absolute Gasteiger partial charge is 0.383 e. The molecule has 0 radical (unpaired) electrons. The summed E-state index contributed by atoms with van der Waals surface area (Å²) in [5, 5.41) is 12.0. The zero-order valence-electron chi connectivity index (χ0n) is 18.9. The van der Waals surface area contributed by atoms with Gasteiger partial charge < -0.3 is 11.1 Å². The molecule has 3 aromatic heterocycles. The van der Waals surface area contributed by atoms with Crippen LogP contribution in [0.5, 0.6) is 0 Å². The van der Waals surface area contributed by atoms with Gasteiger partial charge in [0.1, 0.15) is 35.2 Å². The second-order valence-corrected chi connectivity index (χ2v) is 8.32. The standard InChI is InChI=1S/C25H25N7S/c1-5-7-12-19-22-23(26)28-15-29-24(22)32(31-19)13-20(27-6-2)30-25-21(17(4)14-33-25)18-11-9-8-10-16(18)3/h6,8-11,14-15H,2,5,13H2,1,3-4H3,(H,27,30)(H2,26,28,29). The quantitative estimate of drug-likeness (QED) is 0.246. The third-order valence-corrected chi connectivity index (χ3v) is 6.15. The first kappa shape index (κ1) is 22.2. The predicted molar refractivity (Wildman–Crippen MR) is 137 cm³/mol. The Morgan fingerprint density at radius 1 is 1.27 bits per heavy atom. The zero-order valence-corrected chi connectivity index (χ0v) is 19.7. The van der Waals surface area contributed by atoms with Crippen LogP contribution in [-0.2, 0) is 6.54 Å². The molecule has 3 N–H and O–H groups in total. The summed E-state index contributed by atoms with van der Waals surface area (Å²) in [4.78, 5) is 13.0. The molecule has 4 aromatic rings. The average molecular weight is 456 g/mol. The van der Waals surface area contributed by atoms with Gasteiger partial charge in [0.25, 0.3) is 0 Å². The summed E-state index contributed by atoms with van der Waals surface area (Å²) in [5.41, 5.74) is 12.1. The molecular weight excluding hydrogens is 430 g/mol. The number of nitrogens with one attached hydrogen (secondary N) is 1. The Morgan fingerprint density at radius 2 is 2.09 bits per heavy atom. The molecule has 1 aromatic carbocycles. The van der Waals surface area contributed by atoms with Crippen molar-refractivity contribution in [2.75, 3.05) is 11.1 Å². The maximum absolute atomic E-state index is 6.12. The number of hydrogen-bond donors (Lipinski definition) is 2. The van der Waals surface area contributed by atoms with Gasteiger partial charge in [0.2, 0.25) is 0 Å². The number of nitrogens with two attached hydrogens (primary N) is 1. The lowest BCUT2D eigenvalue weighted by atomic mass is 10.00. The molecule has 166 valence electrons. The highest BCUT2D eigenvalue weighted by atomic mass is 32.1. The number of aromatic nitrogens is 4. The zero-order chi connectivity index (χ0) is 23.4. The average Bonchev–Trinajstić information content (AvgIpc) is 3.34. The summed E-state index contributed by atoms with van der Waals surface area (Å²) < 4.78 is 1.75. The second kappa shape index (κ2) is 9.67. The molecule has 4 rings (SSSR count). The SMILES string of the molecule is C=CN=C(Cn1nc(C#CCC)c2c(N)ncnc21)Nc1scc(C)c1-c1ccccc1C. The van der Waals surface area contributed by atoms with E-state index in [4.69, 9.17) is 5.73 Å². The van der Waals surface area contributed by atoms with Gasteiger partial charge in [-0.05, 0) is 41.8 Å². The number of hydrogen-bond acceptors (Lipinski definition) is 6. The molecule has 0 atom stereocenters. The van der Waals surface area contributed by atoms with E-state index in [1.165, 1.54) is 34.8 Å². The van der Waals surface area contributed by atoms with Gasteiger partial charge >= 0.3 is 0 Å². The molecule has 0 amide bonds. The van der Waals surface area contributed by atoms with Gasteiger partial charge in [0.15, 0.2) is 5.65 Å². The fourth-order valence-corrected chi connectivity index (χ4v) is 4.60. The Balaban J connectivity index is 1.73. The van der Waals surface area contributed by atoms with E-state index >= 15 is 0 Å². The second-order valence-electron chi connectivity index (χ2n) is 7.44. The van der Waals surface area contributed by atoms with Crippen molar-refractivity contribution in [1.82, 2.24) is 19.7 Å². The van der Waals surface area contributed by atoms with E-state index in [2.05, 4.69) is 81.2 Å². The van der Waals surface area contributed by atoms with E-state index in [0.717, 1.165) is 5.00 Å². The van der Waals surface area contributed by atoms with E-state index in [0.29, 0.717) is 41.3 Å². The van der Waals surface area contributed by atoms with Crippen LogP contribution >= 0.6 is 11.3 Å². The first-order valence-corrected chi connectivity index (χ1v) is 11.5. The number of amidine groups is 1. The number of nitrogen functional groups attached to an aromatic ring is 1. The Labute approximate surface area is 197 Å². The van der Waals surface area contributed by atoms with Crippen molar-refractivity contribution in [2.45, 2.75) is 33.7 Å². The summed E-state index contributed by atoms with van der Waals surface area (Å²) in [7, 11) is 0. The number of benzene rings is 1. The van der Waals surface area contributed by atoms with Crippen LogP contribution < -0.4 is 11.1 Å². The van der Waals surface area contributed by atoms with Gasteiger partial charge in [-0.1, -0.05) is 43.7 Å². The van der Waals surface area contributed by atoms with Crippen LogP contribution in [-0.4, -0.2) is 25.6 Å². The van der Waals surface area contributed by atoms with Crippen molar-refractivity contribution >= 4 is 39.0 Å². The summed E-state index contributed by atoms with van der Waals surface area (Å²) in [6.07, 6.45) is 3.67. The van der Waals surface area contributed by atoms with Gasteiger partial charge in [-0.2, -0.15) is 5.10 Å². The number of nitrogens with zero attached hydrogens (tertiary/aromatic N) is 5. The highest BCUT2D eigenvalue weighted by Gasteiger charge is 2.18. The van der Waals surface area contributed by atoms with Crippen molar-refractivity contribution in [3.05, 3.63) is 65.6 Å². The highest BCUT2D eigenvalue weighted by molar-refractivity contribution is 7.15. The molecule has 33 heavy (non-hydrogen) atoms. The number of aliphatic imine (C=N–C) groups is 1. The van der Waals surface area contributed by atoms with Crippen molar-refractivity contribution in [2.24, 2.45) is 4.99 Å². The number of aryl methyl sites for hydroxylation is 2. The molecule has 3 heterocycles. The molecular formula is C25H25N7S. The van der Waals surface area contributed by atoms with E-state index in [1.807, 2.05) is 13.0 Å². The van der Waals surface area contributed by atoms with Gasteiger partial charge in [-0.25, -0.2) is 19.6 Å². The minimum Gasteiger partial charge on any atom is -0.383 e. The number of rotatable bonds is 5. The van der Waals surface area contributed by atoms with Crippen LogP contribution in [0.25, 0.3) is 22.2 Å². The fourth-order valence-electron chi connectivity index (χ4n) is 3.62. The maximum atomic E-state index is 6.12. The lowest BCUT2D eigenvalue weighted by molar-refractivity contribution is 0.736.